The standard InChI is InChI=1S/C26H25Cl2N3O4/c1-17(35-16-19-7-9-20(27)10-8-19)25(33)31-23(13-18-5-3-2-4-6-18)24(32)26(34)30-15-22-12-11-21(28)14-29-22/h2-12,14,17,23H,13,15-16H2,1H3,(H,30,34)(H,31,33)/t17-,23-/m1/s1. The molecule has 1 aromatic heterocycles. The predicted molar refractivity (Wildman–Crippen MR) is 134 cm³/mol. The number of amides is 2. The summed E-state index contributed by atoms with van der Waals surface area (Å²) in [4.78, 5) is 42.5. The van der Waals surface area contributed by atoms with Crippen LogP contribution in [0.5, 0.6) is 0 Å². The third-order valence-corrected chi connectivity index (χ3v) is 5.62. The fourth-order valence-corrected chi connectivity index (χ4v) is 3.39. The number of hydrogen-bond acceptors (Lipinski definition) is 5. The Hall–Kier alpha value is -3.26. The first-order valence-electron chi connectivity index (χ1n) is 10.9. The van der Waals surface area contributed by atoms with Crippen LogP contribution in [0, 0.1) is 0 Å². The highest BCUT2D eigenvalue weighted by atomic mass is 35.5. The number of halogens is 2. The van der Waals surface area contributed by atoms with Crippen LogP contribution >= 0.6 is 23.2 Å². The molecule has 2 aromatic carbocycles. The highest BCUT2D eigenvalue weighted by Crippen LogP contribution is 2.12. The maximum Gasteiger partial charge on any atom is 0.289 e. The smallest absolute Gasteiger partial charge is 0.289 e. The van der Waals surface area contributed by atoms with E-state index in [2.05, 4.69) is 15.6 Å². The molecule has 0 unspecified atom stereocenters. The zero-order chi connectivity index (χ0) is 25.2. The Kier molecular flexibility index (Phi) is 9.78. The van der Waals surface area contributed by atoms with Crippen molar-refractivity contribution in [2.75, 3.05) is 0 Å². The number of hydrogen-bond donors (Lipinski definition) is 2. The van der Waals surface area contributed by atoms with Crippen molar-refractivity contribution in [2.45, 2.75) is 38.6 Å². The summed E-state index contributed by atoms with van der Waals surface area (Å²) in [5, 5.41) is 6.29. The lowest BCUT2D eigenvalue weighted by molar-refractivity contribution is -0.141. The molecule has 35 heavy (non-hydrogen) atoms. The van der Waals surface area contributed by atoms with E-state index >= 15 is 0 Å². The Morgan fingerprint density at radius 3 is 2.26 bits per heavy atom. The average molecular weight is 514 g/mol. The lowest BCUT2D eigenvalue weighted by Gasteiger charge is -2.20. The van der Waals surface area contributed by atoms with E-state index in [-0.39, 0.29) is 19.6 Å². The Morgan fingerprint density at radius 1 is 0.914 bits per heavy atom. The number of ketones is 1. The lowest BCUT2D eigenvalue weighted by atomic mass is 10.0. The van der Waals surface area contributed by atoms with E-state index in [1.807, 2.05) is 30.3 Å². The Bertz CT molecular complexity index is 1140. The molecule has 3 aromatic rings. The van der Waals surface area contributed by atoms with Gasteiger partial charge in [-0.1, -0.05) is 65.7 Å². The molecule has 0 aliphatic heterocycles. The largest absolute Gasteiger partial charge is 0.364 e. The number of nitrogens with zero attached hydrogens (tertiary/aromatic N) is 1. The summed E-state index contributed by atoms with van der Waals surface area (Å²) in [6.45, 7) is 1.83. The number of rotatable bonds is 11. The summed E-state index contributed by atoms with van der Waals surface area (Å²) in [5.41, 5.74) is 2.19. The van der Waals surface area contributed by atoms with Crippen LogP contribution in [-0.4, -0.2) is 34.7 Å². The molecule has 0 aliphatic rings. The zero-order valence-electron chi connectivity index (χ0n) is 19.0. The molecular weight excluding hydrogens is 489 g/mol. The summed E-state index contributed by atoms with van der Waals surface area (Å²) in [5.74, 6) is -2.08. The fourth-order valence-electron chi connectivity index (χ4n) is 3.15. The highest BCUT2D eigenvalue weighted by Gasteiger charge is 2.29. The number of carbonyl (C=O) groups is 3. The van der Waals surface area contributed by atoms with Crippen molar-refractivity contribution in [3.63, 3.8) is 0 Å². The first-order valence-corrected chi connectivity index (χ1v) is 11.7. The number of pyridine rings is 1. The number of benzene rings is 2. The molecule has 0 spiro atoms. The zero-order valence-corrected chi connectivity index (χ0v) is 20.6. The molecule has 2 atom stereocenters. The van der Waals surface area contributed by atoms with Crippen LogP contribution < -0.4 is 10.6 Å². The number of carbonyl (C=O) groups excluding carboxylic acids is 3. The van der Waals surface area contributed by atoms with Gasteiger partial charge in [0, 0.05) is 17.6 Å². The molecule has 0 fully saturated rings. The van der Waals surface area contributed by atoms with Gasteiger partial charge < -0.3 is 15.4 Å². The molecule has 7 nitrogen and oxygen atoms in total. The van der Waals surface area contributed by atoms with Gasteiger partial charge in [-0.3, -0.25) is 19.4 Å². The van der Waals surface area contributed by atoms with Crippen LogP contribution in [0.3, 0.4) is 0 Å². The normalized spacial score (nSPS) is 12.4. The van der Waals surface area contributed by atoms with Crippen LogP contribution in [0.2, 0.25) is 10.0 Å². The Morgan fingerprint density at radius 2 is 1.60 bits per heavy atom. The minimum absolute atomic E-state index is 0.0500. The van der Waals surface area contributed by atoms with Crippen molar-refractivity contribution >= 4 is 40.8 Å². The molecule has 2 N–H and O–H groups in total. The van der Waals surface area contributed by atoms with E-state index < -0.39 is 29.7 Å². The van der Waals surface area contributed by atoms with Crippen molar-refractivity contribution in [1.29, 1.82) is 0 Å². The van der Waals surface area contributed by atoms with Crippen LogP contribution in [0.4, 0.5) is 0 Å². The van der Waals surface area contributed by atoms with Crippen LogP contribution in [0.25, 0.3) is 0 Å². The van der Waals surface area contributed by atoms with Gasteiger partial charge in [0.15, 0.2) is 0 Å². The molecule has 2 amide bonds. The Labute approximate surface area is 213 Å². The SMILES string of the molecule is C[C@@H](OCc1ccc(Cl)cc1)C(=O)N[C@H](Cc1ccccc1)C(=O)C(=O)NCc1ccc(Cl)cn1. The van der Waals surface area contributed by atoms with Gasteiger partial charge >= 0.3 is 0 Å². The van der Waals surface area contributed by atoms with Gasteiger partial charge in [0.05, 0.1) is 23.9 Å². The first-order chi connectivity index (χ1) is 16.8. The molecule has 0 radical (unpaired) electrons. The van der Waals surface area contributed by atoms with E-state index in [0.717, 1.165) is 11.1 Å². The summed E-state index contributed by atoms with van der Waals surface area (Å²) < 4.78 is 5.65. The number of ether oxygens (including phenoxy) is 1. The minimum Gasteiger partial charge on any atom is -0.364 e. The minimum atomic E-state index is -1.07. The molecule has 0 saturated carbocycles. The van der Waals surface area contributed by atoms with Gasteiger partial charge in [-0.05, 0) is 42.3 Å². The first kappa shape index (κ1) is 26.3. The second-order valence-electron chi connectivity index (χ2n) is 7.85. The third kappa shape index (κ3) is 8.47. The quantitative estimate of drug-likeness (QED) is 0.379. The predicted octanol–water partition coefficient (Wildman–Crippen LogP) is 3.91. The van der Waals surface area contributed by atoms with Gasteiger partial charge in [-0.25, -0.2) is 0 Å². The monoisotopic (exact) mass is 513 g/mol. The molecule has 3 rings (SSSR count). The van der Waals surface area contributed by atoms with Crippen LogP contribution in [-0.2, 0) is 38.7 Å². The van der Waals surface area contributed by atoms with Gasteiger partial charge in [-0.15, -0.1) is 0 Å². The van der Waals surface area contributed by atoms with Crippen molar-refractivity contribution in [3.05, 3.63) is 99.8 Å². The summed E-state index contributed by atoms with van der Waals surface area (Å²) >= 11 is 11.7. The van der Waals surface area contributed by atoms with E-state index in [1.54, 1.807) is 43.3 Å². The van der Waals surface area contributed by atoms with Gasteiger partial charge in [0.25, 0.3) is 5.91 Å². The summed E-state index contributed by atoms with van der Waals surface area (Å²) in [6.07, 6.45) is 0.759. The molecule has 1 heterocycles. The average Bonchev–Trinajstić information content (AvgIpc) is 2.87. The van der Waals surface area contributed by atoms with E-state index in [4.69, 9.17) is 27.9 Å². The maximum atomic E-state index is 13.0. The second kappa shape index (κ2) is 13.0. The van der Waals surface area contributed by atoms with Crippen molar-refractivity contribution < 1.29 is 19.1 Å². The van der Waals surface area contributed by atoms with Gasteiger partial charge in [-0.2, -0.15) is 0 Å². The molecular formula is C26H25Cl2N3O4. The summed E-state index contributed by atoms with van der Waals surface area (Å²) in [6, 6.07) is 18.4. The van der Waals surface area contributed by atoms with Gasteiger partial charge in [0.1, 0.15) is 12.1 Å². The van der Waals surface area contributed by atoms with Gasteiger partial charge in [0.2, 0.25) is 11.7 Å². The van der Waals surface area contributed by atoms with E-state index in [0.29, 0.717) is 15.7 Å². The van der Waals surface area contributed by atoms with E-state index in [9.17, 15) is 14.4 Å². The number of aromatic nitrogens is 1. The molecule has 0 saturated heterocycles. The van der Waals surface area contributed by atoms with Crippen LogP contribution in [0.15, 0.2) is 72.9 Å². The number of nitrogens with one attached hydrogen (secondary N) is 2. The topological polar surface area (TPSA) is 97.4 Å². The molecule has 182 valence electrons. The van der Waals surface area contributed by atoms with Crippen LogP contribution in [0.1, 0.15) is 23.7 Å². The fraction of sp³-hybridized carbons (Fsp3) is 0.231. The lowest BCUT2D eigenvalue weighted by Crippen LogP contribution is -2.51. The van der Waals surface area contributed by atoms with Crippen molar-refractivity contribution in [2.24, 2.45) is 0 Å². The van der Waals surface area contributed by atoms with Crippen molar-refractivity contribution in [3.8, 4) is 0 Å². The van der Waals surface area contributed by atoms with E-state index in [1.165, 1.54) is 6.20 Å². The molecule has 9 heteroatoms. The maximum absolute atomic E-state index is 13.0. The molecule has 0 aliphatic carbocycles. The summed E-state index contributed by atoms with van der Waals surface area (Å²) in [7, 11) is 0. The third-order valence-electron chi connectivity index (χ3n) is 5.14. The number of Topliss-reactive ketones (excluding diaryl/α,β-unsaturated/α-hetero) is 1. The highest BCUT2D eigenvalue weighted by molar-refractivity contribution is 6.38. The Balaban J connectivity index is 1.62. The molecule has 0 bridgehead atoms. The second-order valence-corrected chi connectivity index (χ2v) is 8.72. The van der Waals surface area contributed by atoms with Crippen molar-refractivity contribution in [1.82, 2.24) is 15.6 Å².